The fourth-order valence-electron chi connectivity index (χ4n) is 2.49. The minimum absolute atomic E-state index is 0.293. The molecule has 27 heavy (non-hydrogen) atoms. The second-order valence-corrected chi connectivity index (χ2v) is 5.71. The predicted molar refractivity (Wildman–Crippen MR) is 102 cm³/mol. The predicted octanol–water partition coefficient (Wildman–Crippen LogP) is 3.00. The zero-order valence-electron chi connectivity index (χ0n) is 14.7. The van der Waals surface area contributed by atoms with Crippen molar-refractivity contribution in [2.75, 3.05) is 13.2 Å². The SMILES string of the molecule is C=CCNC(=O)COC(=O)c1cn(-c2ccccc2)nc1-c1ccccc1. The van der Waals surface area contributed by atoms with Gasteiger partial charge in [-0.3, -0.25) is 4.79 Å². The molecule has 0 atom stereocenters. The molecular formula is C21H19N3O3. The van der Waals surface area contributed by atoms with Crippen molar-refractivity contribution in [1.29, 1.82) is 0 Å². The average Bonchev–Trinajstić information content (AvgIpc) is 3.17. The quantitative estimate of drug-likeness (QED) is 0.519. The Hall–Kier alpha value is -3.67. The largest absolute Gasteiger partial charge is 0.452 e. The summed E-state index contributed by atoms with van der Waals surface area (Å²) in [6.07, 6.45) is 3.17. The molecule has 3 rings (SSSR count). The highest BCUT2D eigenvalue weighted by Gasteiger charge is 2.20. The standard InChI is InChI=1S/C21H19N3O3/c1-2-13-22-19(25)15-27-21(26)18-14-24(17-11-7-4-8-12-17)23-20(18)16-9-5-3-6-10-16/h2-12,14H,1,13,15H2,(H,22,25). The first kappa shape index (κ1) is 18.1. The topological polar surface area (TPSA) is 73.2 Å². The number of hydrogen-bond donors (Lipinski definition) is 1. The Morgan fingerprint density at radius 2 is 1.74 bits per heavy atom. The van der Waals surface area contributed by atoms with Crippen LogP contribution in [-0.4, -0.2) is 34.8 Å². The van der Waals surface area contributed by atoms with Crippen LogP contribution >= 0.6 is 0 Å². The summed E-state index contributed by atoms with van der Waals surface area (Å²) in [7, 11) is 0. The van der Waals surface area contributed by atoms with Crippen LogP contribution in [0.2, 0.25) is 0 Å². The normalized spacial score (nSPS) is 10.2. The van der Waals surface area contributed by atoms with Gasteiger partial charge in [0.1, 0.15) is 11.3 Å². The van der Waals surface area contributed by atoms with Gasteiger partial charge in [0.25, 0.3) is 5.91 Å². The summed E-state index contributed by atoms with van der Waals surface area (Å²) < 4.78 is 6.78. The van der Waals surface area contributed by atoms with Crippen LogP contribution in [0.25, 0.3) is 16.9 Å². The van der Waals surface area contributed by atoms with Gasteiger partial charge >= 0.3 is 5.97 Å². The van der Waals surface area contributed by atoms with Gasteiger partial charge < -0.3 is 10.1 Å². The molecule has 0 fully saturated rings. The van der Waals surface area contributed by atoms with E-state index in [2.05, 4.69) is 17.0 Å². The van der Waals surface area contributed by atoms with E-state index in [-0.39, 0.29) is 12.5 Å². The molecule has 1 N–H and O–H groups in total. The first-order valence-electron chi connectivity index (χ1n) is 8.44. The number of esters is 1. The van der Waals surface area contributed by atoms with Crippen LogP contribution in [0.4, 0.5) is 0 Å². The van der Waals surface area contributed by atoms with Crippen molar-refractivity contribution in [3.8, 4) is 16.9 Å². The van der Waals surface area contributed by atoms with Gasteiger partial charge in [-0.15, -0.1) is 6.58 Å². The number of carbonyl (C=O) groups excluding carboxylic acids is 2. The molecule has 1 heterocycles. The molecule has 0 aliphatic rings. The zero-order valence-corrected chi connectivity index (χ0v) is 14.7. The van der Waals surface area contributed by atoms with Crippen molar-refractivity contribution < 1.29 is 14.3 Å². The Kier molecular flexibility index (Phi) is 5.79. The molecule has 0 saturated heterocycles. The Labute approximate surface area is 157 Å². The smallest absolute Gasteiger partial charge is 0.342 e. The van der Waals surface area contributed by atoms with Crippen LogP contribution in [0.1, 0.15) is 10.4 Å². The zero-order chi connectivity index (χ0) is 19.1. The monoisotopic (exact) mass is 361 g/mol. The summed E-state index contributed by atoms with van der Waals surface area (Å²) in [4.78, 5) is 24.2. The Balaban J connectivity index is 1.88. The second-order valence-electron chi connectivity index (χ2n) is 5.71. The molecule has 0 aliphatic carbocycles. The summed E-state index contributed by atoms with van der Waals surface area (Å²) in [5, 5.41) is 7.11. The Bertz CT molecular complexity index is 934. The highest BCUT2D eigenvalue weighted by atomic mass is 16.5. The molecular weight excluding hydrogens is 342 g/mol. The summed E-state index contributed by atoms with van der Waals surface area (Å²) in [5.41, 5.74) is 2.39. The lowest BCUT2D eigenvalue weighted by atomic mass is 10.1. The maximum atomic E-state index is 12.6. The van der Waals surface area contributed by atoms with Crippen LogP contribution < -0.4 is 5.32 Å². The maximum Gasteiger partial charge on any atom is 0.342 e. The molecule has 1 amide bonds. The fraction of sp³-hybridized carbons (Fsp3) is 0.0952. The average molecular weight is 361 g/mol. The van der Waals surface area contributed by atoms with E-state index in [1.165, 1.54) is 0 Å². The molecule has 0 bridgehead atoms. The fourth-order valence-corrected chi connectivity index (χ4v) is 2.49. The number of para-hydroxylation sites is 1. The number of ether oxygens (including phenoxy) is 1. The lowest BCUT2D eigenvalue weighted by Crippen LogP contribution is -2.28. The minimum Gasteiger partial charge on any atom is -0.452 e. The van der Waals surface area contributed by atoms with Gasteiger partial charge in [0.15, 0.2) is 6.61 Å². The van der Waals surface area contributed by atoms with Crippen molar-refractivity contribution in [2.45, 2.75) is 0 Å². The molecule has 0 saturated carbocycles. The van der Waals surface area contributed by atoms with Gasteiger partial charge in [0.05, 0.1) is 5.69 Å². The molecule has 6 heteroatoms. The van der Waals surface area contributed by atoms with Crippen LogP contribution in [0, 0.1) is 0 Å². The molecule has 2 aromatic carbocycles. The van der Waals surface area contributed by atoms with Crippen molar-refractivity contribution in [2.24, 2.45) is 0 Å². The number of rotatable bonds is 7. The van der Waals surface area contributed by atoms with E-state index in [0.717, 1.165) is 11.3 Å². The van der Waals surface area contributed by atoms with Crippen LogP contribution in [0.15, 0.2) is 79.5 Å². The first-order chi connectivity index (χ1) is 13.2. The Morgan fingerprint density at radius 3 is 2.41 bits per heavy atom. The van der Waals surface area contributed by atoms with E-state index in [1.54, 1.807) is 17.0 Å². The lowest BCUT2D eigenvalue weighted by Gasteiger charge is -2.05. The third kappa shape index (κ3) is 4.49. The van der Waals surface area contributed by atoms with Crippen LogP contribution in [0.3, 0.4) is 0 Å². The van der Waals surface area contributed by atoms with E-state index in [4.69, 9.17) is 4.74 Å². The van der Waals surface area contributed by atoms with Crippen LogP contribution in [0.5, 0.6) is 0 Å². The Morgan fingerprint density at radius 1 is 1.07 bits per heavy atom. The van der Waals surface area contributed by atoms with Gasteiger partial charge in [-0.2, -0.15) is 5.10 Å². The third-order valence-corrected chi connectivity index (χ3v) is 3.78. The summed E-state index contributed by atoms with van der Waals surface area (Å²) in [6, 6.07) is 18.8. The van der Waals surface area contributed by atoms with Crippen molar-refractivity contribution in [3.63, 3.8) is 0 Å². The number of amides is 1. The summed E-state index contributed by atoms with van der Waals surface area (Å²) in [5.74, 6) is -0.996. The number of benzene rings is 2. The first-order valence-corrected chi connectivity index (χ1v) is 8.44. The van der Waals surface area contributed by atoms with Gasteiger partial charge in [0, 0.05) is 18.3 Å². The molecule has 0 radical (unpaired) electrons. The number of hydrogen-bond acceptors (Lipinski definition) is 4. The maximum absolute atomic E-state index is 12.6. The van der Waals surface area contributed by atoms with E-state index < -0.39 is 5.97 Å². The molecule has 6 nitrogen and oxygen atoms in total. The van der Waals surface area contributed by atoms with Gasteiger partial charge in [-0.25, -0.2) is 9.48 Å². The minimum atomic E-state index is -0.607. The van der Waals surface area contributed by atoms with E-state index >= 15 is 0 Å². The van der Waals surface area contributed by atoms with E-state index in [9.17, 15) is 9.59 Å². The molecule has 0 aliphatic heterocycles. The lowest BCUT2D eigenvalue weighted by molar-refractivity contribution is -0.124. The molecule has 136 valence electrons. The van der Waals surface area contributed by atoms with Crippen molar-refractivity contribution in [1.82, 2.24) is 15.1 Å². The number of nitrogens with zero attached hydrogens (tertiary/aromatic N) is 2. The molecule has 0 spiro atoms. The second kappa shape index (κ2) is 8.62. The van der Waals surface area contributed by atoms with E-state index in [1.807, 2.05) is 60.7 Å². The molecule has 0 unspecified atom stereocenters. The number of aromatic nitrogens is 2. The van der Waals surface area contributed by atoms with Crippen molar-refractivity contribution in [3.05, 3.63) is 85.1 Å². The van der Waals surface area contributed by atoms with Gasteiger partial charge in [-0.05, 0) is 12.1 Å². The highest BCUT2D eigenvalue weighted by molar-refractivity contribution is 5.97. The third-order valence-electron chi connectivity index (χ3n) is 3.78. The number of nitrogens with one attached hydrogen (secondary N) is 1. The summed E-state index contributed by atoms with van der Waals surface area (Å²) >= 11 is 0. The molecule has 1 aromatic heterocycles. The number of carbonyl (C=O) groups is 2. The van der Waals surface area contributed by atoms with Crippen LogP contribution in [-0.2, 0) is 9.53 Å². The highest BCUT2D eigenvalue weighted by Crippen LogP contribution is 2.24. The van der Waals surface area contributed by atoms with E-state index in [0.29, 0.717) is 17.8 Å². The summed E-state index contributed by atoms with van der Waals surface area (Å²) in [6.45, 7) is 3.47. The molecule has 3 aromatic rings. The van der Waals surface area contributed by atoms with Gasteiger partial charge in [0.2, 0.25) is 0 Å². The van der Waals surface area contributed by atoms with Gasteiger partial charge in [-0.1, -0.05) is 54.6 Å². The van der Waals surface area contributed by atoms with Crippen molar-refractivity contribution >= 4 is 11.9 Å².